The van der Waals surface area contributed by atoms with Crippen molar-refractivity contribution in [2.75, 3.05) is 0 Å². The van der Waals surface area contributed by atoms with E-state index in [9.17, 15) is 0 Å². The highest BCUT2D eigenvalue weighted by Crippen LogP contribution is 2.47. The van der Waals surface area contributed by atoms with Crippen molar-refractivity contribution >= 4 is 87.5 Å². The number of rotatable bonds is 13. The van der Waals surface area contributed by atoms with Crippen LogP contribution in [0.3, 0.4) is 0 Å². The molecule has 6 aromatic heterocycles. The Bertz CT molecular complexity index is 7020. The summed E-state index contributed by atoms with van der Waals surface area (Å²) in [6, 6.07) is 112. The van der Waals surface area contributed by atoms with Gasteiger partial charge in [0.2, 0.25) is 0 Å². The van der Waals surface area contributed by atoms with Crippen LogP contribution in [0.2, 0.25) is 0 Å². The Labute approximate surface area is 649 Å². The zero-order valence-electron chi connectivity index (χ0n) is 63.6. The molecule has 0 radical (unpaired) electrons. The molecule has 14 aromatic carbocycles. The Morgan fingerprint density at radius 1 is 0.250 bits per heavy atom. The first kappa shape index (κ1) is 67.6. The molecule has 0 aliphatic heterocycles. The zero-order chi connectivity index (χ0) is 75.7. The molecule has 0 amide bonds. The molecule has 10 nitrogen and oxygen atoms in total. The van der Waals surface area contributed by atoms with Gasteiger partial charge in [0.15, 0.2) is 34.9 Å². The lowest BCUT2D eigenvalue weighted by Gasteiger charge is -2.26. The number of hydrogen-bond donors (Lipinski definition) is 0. The maximum Gasteiger partial charge on any atom is 0.166 e. The van der Waals surface area contributed by atoms with Gasteiger partial charge in [-0.05, 0) is 129 Å². The minimum absolute atomic E-state index is 0.0499. The van der Waals surface area contributed by atoms with Crippen LogP contribution < -0.4 is 0 Å². The van der Waals surface area contributed by atoms with Gasteiger partial charge in [0, 0.05) is 87.6 Å². The maximum absolute atomic E-state index is 7.12. The van der Waals surface area contributed by atoms with Gasteiger partial charge in [-0.3, -0.25) is 0 Å². The molecule has 0 saturated heterocycles. The Balaban J connectivity index is 0.728. The van der Waals surface area contributed by atoms with Crippen molar-refractivity contribution in [1.29, 1.82) is 0 Å². The molecule has 0 aliphatic carbocycles. The van der Waals surface area contributed by atoms with Crippen LogP contribution in [-0.4, -0.2) is 39.0 Å². The van der Waals surface area contributed by atoms with Crippen LogP contribution in [0.15, 0.2) is 324 Å². The van der Waals surface area contributed by atoms with Crippen molar-refractivity contribution in [2.24, 2.45) is 0 Å². The Hall–Kier alpha value is -13.7. The second-order valence-electron chi connectivity index (χ2n) is 32.4. The van der Waals surface area contributed by atoms with E-state index in [1.807, 2.05) is 84.9 Å². The van der Waals surface area contributed by atoms with E-state index >= 15 is 0 Å². The lowest BCUT2D eigenvalue weighted by atomic mass is 9.78. The van der Waals surface area contributed by atoms with Gasteiger partial charge in [-0.15, -0.1) is 0 Å². The SMILES string of the molecule is CC(C)(C)c1ccc2c(c1)c1ccccc1n2-c1ccc(-c2cccc3c2oc2ccc(CC(C)(C)c4ccc5c6ccc(C(C)(C)C)cc6n(-c6ccc(-c7cccc8c7oc7ccccc78)cc6-c6nc(-c7ccccc7)nc(-c7ccccc7)n6)c5c4)cc23)cc1-c1nc(-c2ccccc2)nc(-c2ccccc2)n1. The fourth-order valence-corrected chi connectivity index (χ4v) is 16.6. The number of benzene rings is 14. The Morgan fingerprint density at radius 2 is 0.643 bits per heavy atom. The van der Waals surface area contributed by atoms with Gasteiger partial charge < -0.3 is 18.0 Å². The van der Waals surface area contributed by atoms with Crippen LogP contribution in [-0.2, 0) is 22.7 Å². The highest BCUT2D eigenvalue weighted by molar-refractivity contribution is 6.14. The number of hydrogen-bond acceptors (Lipinski definition) is 8. The molecule has 112 heavy (non-hydrogen) atoms. The monoisotopic (exact) mass is 1450 g/mol. The molecule has 538 valence electrons. The van der Waals surface area contributed by atoms with Crippen LogP contribution in [0.4, 0.5) is 0 Å². The molecule has 0 fully saturated rings. The van der Waals surface area contributed by atoms with Crippen molar-refractivity contribution < 1.29 is 8.83 Å². The molecule has 0 aliphatic rings. The van der Waals surface area contributed by atoms with E-state index < -0.39 is 0 Å². The van der Waals surface area contributed by atoms with E-state index in [1.165, 1.54) is 33.0 Å². The molecule has 0 spiro atoms. The molecule has 0 bridgehead atoms. The largest absolute Gasteiger partial charge is 0.455 e. The third kappa shape index (κ3) is 11.7. The molecular formula is C102H78N8O2. The first-order chi connectivity index (χ1) is 54.5. The summed E-state index contributed by atoms with van der Waals surface area (Å²) in [6.45, 7) is 18.4. The molecule has 6 heterocycles. The predicted octanol–water partition coefficient (Wildman–Crippen LogP) is 26.5. The van der Waals surface area contributed by atoms with Gasteiger partial charge in [-0.2, -0.15) is 0 Å². The van der Waals surface area contributed by atoms with Crippen LogP contribution in [0, 0.1) is 0 Å². The van der Waals surface area contributed by atoms with Crippen molar-refractivity contribution in [3.8, 4) is 102 Å². The number of aromatic nitrogens is 8. The van der Waals surface area contributed by atoms with Crippen LogP contribution >= 0.6 is 0 Å². The smallest absolute Gasteiger partial charge is 0.166 e. The topological polar surface area (TPSA) is 113 Å². The fourth-order valence-electron chi connectivity index (χ4n) is 16.6. The predicted molar refractivity (Wildman–Crippen MR) is 461 cm³/mol. The van der Waals surface area contributed by atoms with E-state index in [0.717, 1.165) is 150 Å². The molecule has 10 heteroatoms. The summed E-state index contributed by atoms with van der Waals surface area (Å²) in [4.78, 5) is 32.2. The van der Waals surface area contributed by atoms with E-state index in [-0.39, 0.29) is 16.2 Å². The van der Waals surface area contributed by atoms with Crippen LogP contribution in [0.5, 0.6) is 0 Å². The van der Waals surface area contributed by atoms with Crippen LogP contribution in [0.1, 0.15) is 77.6 Å². The average molecular weight is 1450 g/mol. The quantitative estimate of drug-likeness (QED) is 0.112. The van der Waals surface area contributed by atoms with E-state index in [4.69, 9.17) is 38.7 Å². The zero-order valence-corrected chi connectivity index (χ0v) is 63.6. The summed E-state index contributed by atoms with van der Waals surface area (Å²) in [6.07, 6.45) is 0.741. The maximum atomic E-state index is 7.12. The highest BCUT2D eigenvalue weighted by atomic mass is 16.3. The number of para-hydroxylation sites is 4. The fraction of sp³-hybridized carbons (Fsp3) is 0.118. The average Bonchev–Trinajstić information content (AvgIpc) is 1.56. The number of nitrogens with zero attached hydrogens (tertiary/aromatic N) is 8. The third-order valence-electron chi connectivity index (χ3n) is 22.5. The van der Waals surface area contributed by atoms with E-state index in [1.54, 1.807) is 0 Å². The second-order valence-corrected chi connectivity index (χ2v) is 32.4. The summed E-state index contributed by atoms with van der Waals surface area (Å²) in [5.41, 5.74) is 23.1. The summed E-state index contributed by atoms with van der Waals surface area (Å²) < 4.78 is 18.7. The van der Waals surface area contributed by atoms with E-state index in [0.29, 0.717) is 34.9 Å². The van der Waals surface area contributed by atoms with Crippen molar-refractivity contribution in [3.63, 3.8) is 0 Å². The van der Waals surface area contributed by atoms with Gasteiger partial charge in [0.1, 0.15) is 22.3 Å². The minimum Gasteiger partial charge on any atom is -0.455 e. The lowest BCUT2D eigenvalue weighted by Crippen LogP contribution is -2.20. The minimum atomic E-state index is -0.370. The Morgan fingerprint density at radius 3 is 1.16 bits per heavy atom. The Kier molecular flexibility index (Phi) is 15.9. The molecule has 0 unspecified atom stereocenters. The van der Waals surface area contributed by atoms with Crippen molar-refractivity contribution in [2.45, 2.75) is 78.1 Å². The van der Waals surface area contributed by atoms with E-state index in [2.05, 4.69) is 295 Å². The summed E-state index contributed by atoms with van der Waals surface area (Å²) >= 11 is 0. The standard InChI is InChI=1S/C102H78N8O2/c1-100(2,3)69-48-53-85-80(58-69)74-35-21-23-41-84(74)109(85)86-51-44-68(56-82(86)98-105-94(63-27-13-9-14-28-63)103-95(106-98)64-29-15-10-16-30-64)73-38-26-40-79-81-55-62(43-54-91(81)112-93(73)79)61-102(7,8)71-47-50-76-75-49-46-70(101(4,5)6)59-88(75)110(89(76)60-71)87-52-45-67(72-37-25-39-78-77-36-22-24-42-90(77)111-92(72)78)57-83(87)99-107-96(65-31-17-11-18-32-65)104-97(108-99)66-33-19-12-20-34-66/h9-60H,61H2,1-8H3. The van der Waals surface area contributed by atoms with Gasteiger partial charge in [-0.25, -0.2) is 29.9 Å². The van der Waals surface area contributed by atoms with Crippen LogP contribution in [0.25, 0.3) is 189 Å². The first-order valence-electron chi connectivity index (χ1n) is 38.5. The molecule has 0 saturated carbocycles. The molecule has 0 atom stereocenters. The third-order valence-corrected chi connectivity index (χ3v) is 22.5. The van der Waals surface area contributed by atoms with Gasteiger partial charge in [0.25, 0.3) is 0 Å². The first-order valence-corrected chi connectivity index (χ1v) is 38.5. The normalized spacial score (nSPS) is 12.3. The number of fused-ring (bicyclic) bond motifs is 12. The van der Waals surface area contributed by atoms with Crippen molar-refractivity contribution in [3.05, 3.63) is 338 Å². The number of furan rings is 2. The second kappa shape index (κ2) is 26.3. The summed E-state index contributed by atoms with van der Waals surface area (Å²) in [7, 11) is 0. The van der Waals surface area contributed by atoms with Gasteiger partial charge >= 0.3 is 0 Å². The summed E-state index contributed by atoms with van der Waals surface area (Å²) in [5.74, 6) is 3.46. The summed E-state index contributed by atoms with van der Waals surface area (Å²) in [5, 5.41) is 8.89. The van der Waals surface area contributed by atoms with Crippen molar-refractivity contribution in [1.82, 2.24) is 39.0 Å². The molecule has 0 N–H and O–H groups in total. The highest BCUT2D eigenvalue weighted by Gasteiger charge is 2.30. The molecule has 20 rings (SSSR count). The van der Waals surface area contributed by atoms with Gasteiger partial charge in [-0.1, -0.05) is 298 Å². The van der Waals surface area contributed by atoms with Gasteiger partial charge in [0.05, 0.1) is 33.4 Å². The molecular weight excluding hydrogens is 1370 g/mol. The molecule has 20 aromatic rings. The lowest BCUT2D eigenvalue weighted by molar-refractivity contribution is 0.523.